The SMILES string of the molecule is CN(CC(=O)c1cc(Cl)ccc1Cl)CC1CC1. The molecule has 0 spiro atoms. The van der Waals surface area contributed by atoms with Crippen molar-refractivity contribution in [3.63, 3.8) is 0 Å². The van der Waals surface area contributed by atoms with E-state index in [1.807, 2.05) is 7.05 Å². The molecule has 0 heterocycles. The first kappa shape index (κ1) is 12.9. The van der Waals surface area contributed by atoms with Gasteiger partial charge in [0.15, 0.2) is 5.78 Å². The molecule has 0 bridgehead atoms. The fourth-order valence-electron chi connectivity index (χ4n) is 1.85. The first-order valence-corrected chi connectivity index (χ1v) is 6.48. The molecule has 0 amide bonds. The second-order valence-corrected chi connectivity index (χ2v) is 5.53. The third kappa shape index (κ3) is 3.70. The molecule has 0 radical (unpaired) electrons. The van der Waals surface area contributed by atoms with Crippen molar-refractivity contribution in [3.8, 4) is 0 Å². The number of carbonyl (C=O) groups is 1. The van der Waals surface area contributed by atoms with Crippen molar-refractivity contribution in [2.45, 2.75) is 12.8 Å². The molecule has 0 saturated heterocycles. The highest BCUT2D eigenvalue weighted by atomic mass is 35.5. The van der Waals surface area contributed by atoms with Gasteiger partial charge in [0.25, 0.3) is 0 Å². The highest BCUT2D eigenvalue weighted by molar-refractivity contribution is 6.36. The number of likely N-dealkylation sites (N-methyl/N-ethyl adjacent to an activating group) is 1. The van der Waals surface area contributed by atoms with E-state index in [2.05, 4.69) is 4.90 Å². The lowest BCUT2D eigenvalue weighted by Crippen LogP contribution is -2.28. The summed E-state index contributed by atoms with van der Waals surface area (Å²) in [5.74, 6) is 0.809. The molecule has 0 atom stereocenters. The summed E-state index contributed by atoms with van der Waals surface area (Å²) in [6.45, 7) is 1.39. The van der Waals surface area contributed by atoms with Gasteiger partial charge in [-0.15, -0.1) is 0 Å². The van der Waals surface area contributed by atoms with Crippen LogP contribution in [0, 0.1) is 5.92 Å². The molecular weight excluding hydrogens is 257 g/mol. The van der Waals surface area contributed by atoms with Crippen molar-refractivity contribution >= 4 is 29.0 Å². The molecule has 0 aliphatic heterocycles. The Hall–Kier alpha value is -0.570. The van der Waals surface area contributed by atoms with Gasteiger partial charge in [-0.3, -0.25) is 9.69 Å². The highest BCUT2D eigenvalue weighted by Gasteiger charge is 2.24. The second kappa shape index (κ2) is 5.38. The quantitative estimate of drug-likeness (QED) is 0.764. The zero-order valence-electron chi connectivity index (χ0n) is 9.75. The van der Waals surface area contributed by atoms with Gasteiger partial charge in [0, 0.05) is 17.1 Å². The molecule has 92 valence electrons. The number of Topliss-reactive ketones (excluding diaryl/α,β-unsaturated/α-hetero) is 1. The number of benzene rings is 1. The number of carbonyl (C=O) groups excluding carboxylic acids is 1. The van der Waals surface area contributed by atoms with E-state index >= 15 is 0 Å². The summed E-state index contributed by atoms with van der Waals surface area (Å²) in [7, 11) is 1.97. The zero-order chi connectivity index (χ0) is 12.4. The number of hydrogen-bond acceptors (Lipinski definition) is 2. The molecule has 4 heteroatoms. The van der Waals surface area contributed by atoms with E-state index in [0.29, 0.717) is 22.2 Å². The number of hydrogen-bond donors (Lipinski definition) is 0. The Kier molecular flexibility index (Phi) is 4.08. The molecular formula is C13H15Cl2NO. The fraction of sp³-hybridized carbons (Fsp3) is 0.462. The maximum atomic E-state index is 12.0. The van der Waals surface area contributed by atoms with Crippen LogP contribution in [-0.4, -0.2) is 30.8 Å². The first-order chi connectivity index (χ1) is 8.06. The van der Waals surface area contributed by atoms with Crippen LogP contribution in [0.2, 0.25) is 10.0 Å². The number of halogens is 2. The van der Waals surface area contributed by atoms with E-state index in [9.17, 15) is 4.79 Å². The summed E-state index contributed by atoms with van der Waals surface area (Å²) in [6.07, 6.45) is 2.58. The van der Waals surface area contributed by atoms with E-state index in [-0.39, 0.29) is 5.78 Å². The van der Waals surface area contributed by atoms with Crippen molar-refractivity contribution in [2.75, 3.05) is 20.1 Å². The van der Waals surface area contributed by atoms with Crippen LogP contribution in [-0.2, 0) is 0 Å². The third-order valence-electron chi connectivity index (χ3n) is 2.91. The van der Waals surface area contributed by atoms with Gasteiger partial charge in [-0.25, -0.2) is 0 Å². The molecule has 0 aromatic heterocycles. The molecule has 1 aromatic rings. The minimum atomic E-state index is 0.0284. The molecule has 2 nitrogen and oxygen atoms in total. The Bertz CT molecular complexity index is 429. The lowest BCUT2D eigenvalue weighted by atomic mass is 10.1. The van der Waals surface area contributed by atoms with Crippen LogP contribution in [0.15, 0.2) is 18.2 Å². The van der Waals surface area contributed by atoms with Gasteiger partial charge < -0.3 is 0 Å². The minimum absolute atomic E-state index is 0.0284. The van der Waals surface area contributed by atoms with E-state index in [0.717, 1.165) is 12.5 Å². The van der Waals surface area contributed by atoms with Crippen LogP contribution >= 0.6 is 23.2 Å². The van der Waals surface area contributed by atoms with Gasteiger partial charge in [-0.05, 0) is 44.0 Å². The lowest BCUT2D eigenvalue weighted by molar-refractivity contribution is 0.0944. The molecule has 0 N–H and O–H groups in total. The largest absolute Gasteiger partial charge is 0.299 e. The second-order valence-electron chi connectivity index (χ2n) is 4.69. The molecule has 1 aliphatic carbocycles. The summed E-state index contributed by atoms with van der Waals surface area (Å²) in [5, 5.41) is 1.02. The monoisotopic (exact) mass is 271 g/mol. The van der Waals surface area contributed by atoms with Gasteiger partial charge in [-0.2, -0.15) is 0 Å². The number of rotatable bonds is 5. The summed E-state index contributed by atoms with van der Waals surface area (Å²) >= 11 is 11.9. The van der Waals surface area contributed by atoms with Gasteiger partial charge in [0.2, 0.25) is 0 Å². The molecule has 2 rings (SSSR count). The van der Waals surface area contributed by atoms with Crippen LogP contribution in [0.3, 0.4) is 0 Å². The molecule has 1 fully saturated rings. The normalized spacial score (nSPS) is 15.3. The van der Waals surface area contributed by atoms with E-state index in [1.165, 1.54) is 12.8 Å². The minimum Gasteiger partial charge on any atom is -0.299 e. The van der Waals surface area contributed by atoms with Gasteiger partial charge in [0.1, 0.15) is 0 Å². The van der Waals surface area contributed by atoms with Crippen molar-refractivity contribution in [3.05, 3.63) is 33.8 Å². The predicted molar refractivity (Wildman–Crippen MR) is 71.0 cm³/mol. The molecule has 1 saturated carbocycles. The summed E-state index contributed by atoms with van der Waals surface area (Å²) in [4.78, 5) is 14.1. The van der Waals surface area contributed by atoms with E-state index < -0.39 is 0 Å². The summed E-state index contributed by atoms with van der Waals surface area (Å²) in [6, 6.07) is 4.99. The first-order valence-electron chi connectivity index (χ1n) is 5.73. The third-order valence-corrected chi connectivity index (χ3v) is 3.47. The van der Waals surface area contributed by atoms with Crippen molar-refractivity contribution in [1.29, 1.82) is 0 Å². The van der Waals surface area contributed by atoms with Crippen LogP contribution in [0.4, 0.5) is 0 Å². The van der Waals surface area contributed by atoms with Crippen molar-refractivity contribution in [1.82, 2.24) is 4.90 Å². The average Bonchev–Trinajstić information content (AvgIpc) is 3.05. The Morgan fingerprint density at radius 3 is 2.76 bits per heavy atom. The van der Waals surface area contributed by atoms with E-state index in [1.54, 1.807) is 18.2 Å². The van der Waals surface area contributed by atoms with Crippen molar-refractivity contribution in [2.24, 2.45) is 5.92 Å². The maximum Gasteiger partial charge on any atom is 0.178 e. The Balaban J connectivity index is 2.00. The number of ketones is 1. The number of nitrogens with zero attached hydrogens (tertiary/aromatic N) is 1. The molecule has 1 aliphatic rings. The fourth-order valence-corrected chi connectivity index (χ4v) is 2.24. The van der Waals surface area contributed by atoms with Crippen LogP contribution < -0.4 is 0 Å². The van der Waals surface area contributed by atoms with Crippen molar-refractivity contribution < 1.29 is 4.79 Å². The summed E-state index contributed by atoms with van der Waals surface area (Å²) < 4.78 is 0. The Labute approximate surface area is 112 Å². The molecule has 1 aromatic carbocycles. The Morgan fingerprint density at radius 2 is 2.12 bits per heavy atom. The predicted octanol–water partition coefficient (Wildman–Crippen LogP) is 3.52. The molecule has 0 unspecified atom stereocenters. The smallest absolute Gasteiger partial charge is 0.178 e. The zero-order valence-corrected chi connectivity index (χ0v) is 11.3. The van der Waals surface area contributed by atoms with Crippen LogP contribution in [0.25, 0.3) is 0 Å². The average molecular weight is 272 g/mol. The summed E-state index contributed by atoms with van der Waals surface area (Å²) in [5.41, 5.74) is 0.516. The van der Waals surface area contributed by atoms with Crippen LogP contribution in [0.1, 0.15) is 23.2 Å². The Morgan fingerprint density at radius 1 is 1.41 bits per heavy atom. The van der Waals surface area contributed by atoms with Gasteiger partial charge in [-0.1, -0.05) is 23.2 Å². The van der Waals surface area contributed by atoms with E-state index in [4.69, 9.17) is 23.2 Å². The molecule has 17 heavy (non-hydrogen) atoms. The lowest BCUT2D eigenvalue weighted by Gasteiger charge is -2.15. The standard InChI is InChI=1S/C13H15Cl2NO/c1-16(7-9-2-3-9)8-13(17)11-6-10(14)4-5-12(11)15/h4-6,9H,2-3,7-8H2,1H3. The highest BCUT2D eigenvalue weighted by Crippen LogP contribution is 2.29. The topological polar surface area (TPSA) is 20.3 Å². The van der Waals surface area contributed by atoms with Gasteiger partial charge >= 0.3 is 0 Å². The maximum absolute atomic E-state index is 12.0. The van der Waals surface area contributed by atoms with Gasteiger partial charge in [0.05, 0.1) is 11.6 Å². The van der Waals surface area contributed by atoms with Crippen LogP contribution in [0.5, 0.6) is 0 Å².